The number of benzene rings is 1. The molecule has 2 aliphatic heterocycles. The Balaban J connectivity index is 1.51. The highest BCUT2D eigenvalue weighted by atomic mass is 32.9. The van der Waals surface area contributed by atoms with Crippen molar-refractivity contribution < 1.29 is 28.1 Å². The Kier molecular flexibility index (Phi) is 8.55. The van der Waals surface area contributed by atoms with E-state index in [0.29, 0.717) is 23.3 Å². The van der Waals surface area contributed by atoms with E-state index < -0.39 is 38.6 Å². The molecule has 11 nitrogen and oxygen atoms in total. The van der Waals surface area contributed by atoms with E-state index in [4.69, 9.17) is 30.0 Å². The van der Waals surface area contributed by atoms with Gasteiger partial charge in [-0.2, -0.15) is 0 Å². The number of amides is 1. The van der Waals surface area contributed by atoms with Gasteiger partial charge in [-0.15, -0.1) is 0 Å². The first-order valence-electron chi connectivity index (χ1n) is 13.0. The third kappa shape index (κ3) is 5.92. The summed E-state index contributed by atoms with van der Waals surface area (Å²) in [6.07, 6.45) is 0.188. The van der Waals surface area contributed by atoms with Crippen molar-refractivity contribution in [1.82, 2.24) is 19.5 Å². The number of rotatable bonds is 8. The summed E-state index contributed by atoms with van der Waals surface area (Å²) in [5, 5.41) is 13.1. The standard InChI is InChI=1S/C25H34N5O6PS2Si/c1-25(2,3)40(4,5)36-19-17(13-31)34-24(20(19)35-37(38)33-11-12-39-37)30-15-28-18-21(26-14-27-22(18)30)29-23(32)16-9-7-6-8-10-16/h6-10,14-15,17,19-20,24,31H,11-13H2,1-5H3,(H,26,27,29,32)/t17-,19-,20-,24-,37?/m1/s1. The second kappa shape index (κ2) is 11.5. The molecule has 0 bridgehead atoms. The molecule has 1 amide bonds. The van der Waals surface area contributed by atoms with E-state index in [2.05, 4.69) is 54.1 Å². The first kappa shape index (κ1) is 29.7. The SMILES string of the molecule is CC(C)(C)[Si](C)(C)O[C@H]1[C@@H](OP2(=S)OCCS2)[C@H](n2cnc3c(NC(=O)c4ccccc4)ncnc32)O[C@@H]1CO. The summed E-state index contributed by atoms with van der Waals surface area (Å²) in [7, 11) is -2.32. The van der Waals surface area contributed by atoms with Gasteiger partial charge in [-0.05, 0) is 42.1 Å². The minimum atomic E-state index is -2.66. The minimum Gasteiger partial charge on any atom is -0.408 e. The minimum absolute atomic E-state index is 0.0875. The van der Waals surface area contributed by atoms with Gasteiger partial charge < -0.3 is 28.6 Å². The molecule has 4 heterocycles. The van der Waals surface area contributed by atoms with Crippen LogP contribution < -0.4 is 5.32 Å². The lowest BCUT2D eigenvalue weighted by Crippen LogP contribution is -2.50. The number of aliphatic hydroxyl groups excluding tert-OH is 1. The topological polar surface area (TPSA) is 130 Å². The number of ether oxygens (including phenoxy) is 1. The number of nitrogens with zero attached hydrogens (tertiary/aromatic N) is 4. The highest BCUT2D eigenvalue weighted by molar-refractivity contribution is 8.68. The van der Waals surface area contributed by atoms with Gasteiger partial charge in [-0.1, -0.05) is 50.4 Å². The molecule has 216 valence electrons. The smallest absolute Gasteiger partial charge is 0.256 e. The molecule has 0 radical (unpaired) electrons. The Morgan fingerprint density at radius 2 is 2.00 bits per heavy atom. The molecular weight excluding hydrogens is 589 g/mol. The van der Waals surface area contributed by atoms with Crippen molar-refractivity contribution in [3.63, 3.8) is 0 Å². The Bertz CT molecular complexity index is 1410. The van der Waals surface area contributed by atoms with Gasteiger partial charge in [0, 0.05) is 11.3 Å². The fourth-order valence-corrected chi connectivity index (χ4v) is 10.2. The molecule has 0 spiro atoms. The highest BCUT2D eigenvalue weighted by Crippen LogP contribution is 2.66. The van der Waals surface area contributed by atoms with Crippen LogP contribution in [-0.2, 0) is 30.0 Å². The number of aliphatic hydroxyl groups is 1. The second-order valence-corrected chi connectivity index (χ2v) is 22.3. The van der Waals surface area contributed by atoms with Gasteiger partial charge in [-0.25, -0.2) is 15.0 Å². The zero-order chi connectivity index (χ0) is 28.7. The molecule has 2 saturated heterocycles. The summed E-state index contributed by atoms with van der Waals surface area (Å²) in [4.78, 5) is 26.1. The van der Waals surface area contributed by atoms with Crippen LogP contribution in [-0.4, -0.2) is 76.1 Å². The average molecular weight is 624 g/mol. The van der Waals surface area contributed by atoms with Crippen molar-refractivity contribution in [2.75, 3.05) is 24.3 Å². The summed E-state index contributed by atoms with van der Waals surface area (Å²) < 4.78 is 27.4. The summed E-state index contributed by atoms with van der Waals surface area (Å²) >= 11 is 7.31. The number of carbonyl (C=O) groups excluding carboxylic acids is 1. The predicted molar refractivity (Wildman–Crippen MR) is 160 cm³/mol. The first-order chi connectivity index (χ1) is 18.9. The zero-order valence-electron chi connectivity index (χ0n) is 23.0. The maximum Gasteiger partial charge on any atom is 0.256 e. The number of hydrogen-bond acceptors (Lipinski definition) is 11. The van der Waals surface area contributed by atoms with E-state index in [1.807, 2.05) is 6.07 Å². The number of nitrogens with one attached hydrogen (secondary N) is 1. The molecule has 2 N–H and O–H groups in total. The Morgan fingerprint density at radius 3 is 2.65 bits per heavy atom. The molecule has 5 atom stereocenters. The van der Waals surface area contributed by atoms with E-state index >= 15 is 0 Å². The normalized spacial score (nSPS) is 27.4. The van der Waals surface area contributed by atoms with E-state index in [9.17, 15) is 9.90 Å². The van der Waals surface area contributed by atoms with Crippen LogP contribution in [0.4, 0.5) is 5.82 Å². The van der Waals surface area contributed by atoms with E-state index in [0.717, 1.165) is 5.75 Å². The van der Waals surface area contributed by atoms with Gasteiger partial charge in [0.1, 0.15) is 24.6 Å². The van der Waals surface area contributed by atoms with Crippen LogP contribution in [0.5, 0.6) is 0 Å². The van der Waals surface area contributed by atoms with Crippen LogP contribution in [0.2, 0.25) is 18.1 Å². The third-order valence-electron chi connectivity index (χ3n) is 7.44. The lowest BCUT2D eigenvalue weighted by atomic mass is 10.1. The quantitative estimate of drug-likeness (QED) is 0.267. The molecule has 3 aromatic rings. The van der Waals surface area contributed by atoms with Gasteiger partial charge in [0.15, 0.2) is 31.5 Å². The lowest BCUT2D eigenvalue weighted by molar-refractivity contribution is -0.0478. The summed E-state index contributed by atoms with van der Waals surface area (Å²) in [6.45, 7) is 11.0. The highest BCUT2D eigenvalue weighted by Gasteiger charge is 2.53. The average Bonchev–Trinajstić information content (AvgIpc) is 3.62. The Labute approximate surface area is 243 Å². The molecule has 5 rings (SSSR count). The number of aromatic nitrogens is 4. The van der Waals surface area contributed by atoms with Crippen molar-refractivity contribution in [2.24, 2.45) is 0 Å². The third-order valence-corrected chi connectivity index (χ3v) is 17.2. The van der Waals surface area contributed by atoms with Crippen molar-refractivity contribution >= 4 is 60.1 Å². The molecule has 2 aliphatic rings. The van der Waals surface area contributed by atoms with Gasteiger partial charge >= 0.3 is 0 Å². The zero-order valence-corrected chi connectivity index (χ0v) is 26.5. The molecule has 0 saturated carbocycles. The first-order valence-corrected chi connectivity index (χ1v) is 20.1. The van der Waals surface area contributed by atoms with Gasteiger partial charge in [0.2, 0.25) is 5.69 Å². The fourth-order valence-electron chi connectivity index (χ4n) is 4.29. The molecule has 2 fully saturated rings. The van der Waals surface area contributed by atoms with Crippen molar-refractivity contribution in [3.05, 3.63) is 48.5 Å². The molecule has 1 unspecified atom stereocenters. The van der Waals surface area contributed by atoms with Crippen molar-refractivity contribution in [2.45, 2.75) is 63.4 Å². The maximum absolute atomic E-state index is 12.8. The van der Waals surface area contributed by atoms with Crippen molar-refractivity contribution in [3.8, 4) is 0 Å². The second-order valence-electron chi connectivity index (χ2n) is 11.1. The molecule has 0 aliphatic carbocycles. The van der Waals surface area contributed by atoms with Gasteiger partial charge in [0.25, 0.3) is 5.91 Å². The van der Waals surface area contributed by atoms with Crippen LogP contribution in [0, 0.1) is 0 Å². The molecule has 1 aromatic carbocycles. The lowest BCUT2D eigenvalue weighted by Gasteiger charge is -2.40. The molecule has 2 aromatic heterocycles. The number of fused-ring (bicyclic) bond motifs is 1. The van der Waals surface area contributed by atoms with Gasteiger partial charge in [0.05, 0.1) is 19.5 Å². The molecular formula is C25H34N5O6PS2Si. The van der Waals surface area contributed by atoms with E-state index in [1.54, 1.807) is 35.2 Å². The number of carbonyl (C=O) groups is 1. The largest absolute Gasteiger partial charge is 0.408 e. The maximum atomic E-state index is 12.8. The predicted octanol–water partition coefficient (Wildman–Crippen LogP) is 4.73. The van der Waals surface area contributed by atoms with Crippen molar-refractivity contribution in [1.29, 1.82) is 0 Å². The summed E-state index contributed by atoms with van der Waals surface area (Å²) in [5.74, 6) is 0.700. The van der Waals surface area contributed by atoms with Crippen LogP contribution in [0.25, 0.3) is 11.2 Å². The number of anilines is 1. The van der Waals surface area contributed by atoms with Crippen LogP contribution >= 0.6 is 17.1 Å². The monoisotopic (exact) mass is 623 g/mol. The number of imidazole rings is 1. The summed E-state index contributed by atoms with van der Waals surface area (Å²) in [6, 6.07) is 8.85. The van der Waals surface area contributed by atoms with Gasteiger partial charge in [-0.3, -0.25) is 9.36 Å². The van der Waals surface area contributed by atoms with E-state index in [1.165, 1.54) is 17.7 Å². The fraction of sp³-hybridized carbons (Fsp3) is 0.520. The number of hydrogen-bond donors (Lipinski definition) is 2. The van der Waals surface area contributed by atoms with Crippen LogP contribution in [0.3, 0.4) is 0 Å². The molecule has 15 heteroatoms. The summed E-state index contributed by atoms with van der Waals surface area (Å²) in [5.41, 5.74) is -1.35. The molecule has 40 heavy (non-hydrogen) atoms. The van der Waals surface area contributed by atoms with E-state index in [-0.39, 0.29) is 23.4 Å². The Hall–Kier alpha value is -1.74. The Morgan fingerprint density at radius 1 is 1.25 bits per heavy atom. The van der Waals surface area contributed by atoms with Crippen LogP contribution in [0.15, 0.2) is 43.0 Å². The van der Waals surface area contributed by atoms with Crippen LogP contribution in [0.1, 0.15) is 37.4 Å².